The third-order valence-electron chi connectivity index (χ3n) is 2.36. The van der Waals surface area contributed by atoms with Crippen LogP contribution in [0, 0.1) is 0 Å². The van der Waals surface area contributed by atoms with E-state index >= 15 is 0 Å². The van der Waals surface area contributed by atoms with Gasteiger partial charge in [-0.2, -0.15) is 0 Å². The molecule has 3 heteroatoms. The summed E-state index contributed by atoms with van der Waals surface area (Å²) in [5, 5.41) is 3.33. The van der Waals surface area contributed by atoms with Gasteiger partial charge in [-0.1, -0.05) is 36.7 Å². The first kappa shape index (κ1) is 11.6. The Bertz CT molecular complexity index is 464. The lowest BCUT2D eigenvalue weighted by atomic mass is 10.1. The van der Waals surface area contributed by atoms with Crippen molar-refractivity contribution in [2.75, 3.05) is 6.54 Å². The van der Waals surface area contributed by atoms with Gasteiger partial charge in [0.25, 0.3) is 0 Å². The van der Waals surface area contributed by atoms with Crippen molar-refractivity contribution in [1.29, 1.82) is 0 Å². The lowest BCUT2D eigenvalue weighted by Gasteiger charge is -2.04. The fraction of sp³-hybridized carbons (Fsp3) is 0.231. The van der Waals surface area contributed by atoms with Gasteiger partial charge in [-0.15, -0.1) is 11.3 Å². The average molecular weight is 252 g/mol. The van der Waals surface area contributed by atoms with E-state index < -0.39 is 0 Å². The highest BCUT2D eigenvalue weighted by Crippen LogP contribution is 2.31. The maximum atomic E-state index is 5.94. The smallest absolute Gasteiger partial charge is 0.0934 e. The average Bonchev–Trinajstić information content (AvgIpc) is 2.74. The van der Waals surface area contributed by atoms with Gasteiger partial charge < -0.3 is 5.32 Å². The quantitative estimate of drug-likeness (QED) is 0.860. The van der Waals surface area contributed by atoms with E-state index in [1.807, 2.05) is 6.07 Å². The summed E-state index contributed by atoms with van der Waals surface area (Å²) in [6, 6.07) is 12.6. The summed E-state index contributed by atoms with van der Waals surface area (Å²) in [5.41, 5.74) is 2.55. The van der Waals surface area contributed by atoms with Gasteiger partial charge in [-0.3, -0.25) is 0 Å². The van der Waals surface area contributed by atoms with Gasteiger partial charge in [0.05, 0.1) is 4.34 Å². The molecule has 2 rings (SSSR count). The first-order valence-electron chi connectivity index (χ1n) is 5.35. The van der Waals surface area contributed by atoms with Crippen LogP contribution in [0.3, 0.4) is 0 Å². The van der Waals surface area contributed by atoms with E-state index in [2.05, 4.69) is 42.6 Å². The molecule has 0 aliphatic carbocycles. The van der Waals surface area contributed by atoms with Crippen LogP contribution < -0.4 is 5.32 Å². The molecule has 0 saturated carbocycles. The summed E-state index contributed by atoms with van der Waals surface area (Å²) in [6.45, 7) is 4.03. The van der Waals surface area contributed by atoms with Crippen molar-refractivity contribution >= 4 is 22.9 Å². The molecule has 1 aromatic carbocycles. The minimum atomic E-state index is 0.840. The number of benzene rings is 1. The van der Waals surface area contributed by atoms with E-state index in [1.54, 1.807) is 11.3 Å². The van der Waals surface area contributed by atoms with E-state index in [0.29, 0.717) is 0 Å². The molecule has 0 atom stereocenters. The summed E-state index contributed by atoms with van der Waals surface area (Å²) in [4.78, 5) is 1.23. The van der Waals surface area contributed by atoms with Crippen molar-refractivity contribution in [3.63, 3.8) is 0 Å². The number of halogens is 1. The predicted octanol–water partition coefficient (Wildman–Crippen LogP) is 4.18. The van der Waals surface area contributed by atoms with Gasteiger partial charge in [0.2, 0.25) is 0 Å². The highest BCUT2D eigenvalue weighted by atomic mass is 35.5. The second-order valence-corrected chi connectivity index (χ2v) is 5.30. The second-order valence-electron chi connectivity index (χ2n) is 3.58. The van der Waals surface area contributed by atoms with Crippen LogP contribution in [-0.2, 0) is 6.54 Å². The lowest BCUT2D eigenvalue weighted by molar-refractivity contribution is 0.727. The molecule has 1 N–H and O–H groups in total. The molecule has 0 amide bonds. The number of thiophene rings is 1. The van der Waals surface area contributed by atoms with E-state index in [9.17, 15) is 0 Å². The van der Waals surface area contributed by atoms with Crippen LogP contribution in [-0.4, -0.2) is 6.54 Å². The Morgan fingerprint density at radius 1 is 1.25 bits per heavy atom. The molecule has 16 heavy (non-hydrogen) atoms. The molecular weight excluding hydrogens is 238 g/mol. The summed E-state index contributed by atoms with van der Waals surface area (Å²) < 4.78 is 0.840. The van der Waals surface area contributed by atoms with Gasteiger partial charge in [0, 0.05) is 11.4 Å². The fourth-order valence-electron chi connectivity index (χ4n) is 1.57. The third-order valence-corrected chi connectivity index (χ3v) is 3.64. The zero-order valence-corrected chi connectivity index (χ0v) is 10.7. The highest BCUT2D eigenvalue weighted by Gasteiger charge is 2.02. The topological polar surface area (TPSA) is 12.0 Å². The normalized spacial score (nSPS) is 10.6. The standard InChI is InChI=1S/C13H14ClNS/c1-2-15-9-10-4-3-5-11(8-10)12-6-7-13(14)16-12/h3-8,15H,2,9H2,1H3. The monoisotopic (exact) mass is 251 g/mol. The molecule has 1 heterocycles. The highest BCUT2D eigenvalue weighted by molar-refractivity contribution is 7.19. The van der Waals surface area contributed by atoms with E-state index in [1.165, 1.54) is 16.0 Å². The third kappa shape index (κ3) is 2.85. The van der Waals surface area contributed by atoms with Crippen LogP contribution >= 0.6 is 22.9 Å². The van der Waals surface area contributed by atoms with E-state index in [4.69, 9.17) is 11.6 Å². The SMILES string of the molecule is CCNCc1cccc(-c2ccc(Cl)s2)c1. The molecule has 0 fully saturated rings. The van der Waals surface area contributed by atoms with Crippen molar-refractivity contribution in [3.05, 3.63) is 46.3 Å². The second kappa shape index (κ2) is 5.48. The van der Waals surface area contributed by atoms with Gasteiger partial charge >= 0.3 is 0 Å². The van der Waals surface area contributed by atoms with Crippen LogP contribution in [0.15, 0.2) is 36.4 Å². The summed E-state index contributed by atoms with van der Waals surface area (Å²) in [5.74, 6) is 0. The zero-order valence-electron chi connectivity index (χ0n) is 9.16. The Balaban J connectivity index is 2.22. The van der Waals surface area contributed by atoms with E-state index in [-0.39, 0.29) is 0 Å². The summed E-state index contributed by atoms with van der Waals surface area (Å²) in [7, 11) is 0. The molecule has 2 aromatic rings. The fourth-order valence-corrected chi connectivity index (χ4v) is 2.61. The molecule has 1 nitrogen and oxygen atoms in total. The first-order chi connectivity index (χ1) is 7.79. The van der Waals surface area contributed by atoms with Crippen LogP contribution in [0.2, 0.25) is 4.34 Å². The molecule has 0 aliphatic heterocycles. The molecule has 84 valence electrons. The van der Waals surface area contributed by atoms with Crippen LogP contribution in [0.4, 0.5) is 0 Å². The number of hydrogen-bond donors (Lipinski definition) is 1. The summed E-state index contributed by atoms with van der Waals surface area (Å²) in [6.07, 6.45) is 0. The largest absolute Gasteiger partial charge is 0.313 e. The number of nitrogens with one attached hydrogen (secondary N) is 1. The van der Waals surface area contributed by atoms with Gasteiger partial charge in [-0.25, -0.2) is 0 Å². The first-order valence-corrected chi connectivity index (χ1v) is 6.54. The number of hydrogen-bond acceptors (Lipinski definition) is 2. The number of rotatable bonds is 4. The van der Waals surface area contributed by atoms with Crippen molar-refractivity contribution in [3.8, 4) is 10.4 Å². The van der Waals surface area contributed by atoms with Crippen molar-refractivity contribution in [1.82, 2.24) is 5.32 Å². The van der Waals surface area contributed by atoms with Gasteiger partial charge in [0.1, 0.15) is 0 Å². The minimum Gasteiger partial charge on any atom is -0.313 e. The van der Waals surface area contributed by atoms with Gasteiger partial charge in [0.15, 0.2) is 0 Å². The Labute approximate surface area is 105 Å². The molecule has 0 radical (unpaired) electrons. The molecule has 0 bridgehead atoms. The summed E-state index contributed by atoms with van der Waals surface area (Å²) >= 11 is 7.56. The maximum Gasteiger partial charge on any atom is 0.0934 e. The van der Waals surface area contributed by atoms with E-state index in [0.717, 1.165) is 17.4 Å². The molecular formula is C13H14ClNS. The molecule has 0 aliphatic rings. The van der Waals surface area contributed by atoms with Crippen LogP contribution in [0.5, 0.6) is 0 Å². The molecule has 0 saturated heterocycles. The minimum absolute atomic E-state index is 0.840. The Hall–Kier alpha value is -0.830. The van der Waals surface area contributed by atoms with Crippen molar-refractivity contribution in [2.45, 2.75) is 13.5 Å². The maximum absolute atomic E-state index is 5.94. The zero-order chi connectivity index (χ0) is 11.4. The van der Waals surface area contributed by atoms with Crippen molar-refractivity contribution in [2.24, 2.45) is 0 Å². The Kier molecular flexibility index (Phi) is 3.99. The molecule has 1 aromatic heterocycles. The van der Waals surface area contributed by atoms with Crippen LogP contribution in [0.25, 0.3) is 10.4 Å². The van der Waals surface area contributed by atoms with Crippen LogP contribution in [0.1, 0.15) is 12.5 Å². The Morgan fingerprint density at radius 3 is 2.81 bits per heavy atom. The molecule has 0 unspecified atom stereocenters. The van der Waals surface area contributed by atoms with Crippen molar-refractivity contribution < 1.29 is 0 Å². The predicted molar refractivity (Wildman–Crippen MR) is 72.1 cm³/mol. The Morgan fingerprint density at radius 2 is 2.12 bits per heavy atom. The van der Waals surface area contributed by atoms with Gasteiger partial charge in [-0.05, 0) is 35.9 Å². The molecule has 0 spiro atoms. The lowest BCUT2D eigenvalue weighted by Crippen LogP contribution is -2.11.